The molecule has 0 aliphatic heterocycles. The molecular weight excluding hydrogens is 154 g/mol. The van der Waals surface area contributed by atoms with Crippen LogP contribution in [0.25, 0.3) is 4.85 Å². The molecule has 11 heavy (non-hydrogen) atoms. The van der Waals surface area contributed by atoms with Crippen molar-refractivity contribution in [2.24, 2.45) is 0 Å². The highest BCUT2D eigenvalue weighted by Gasteiger charge is 2.17. The molecule has 0 unspecified atom stereocenters. The van der Waals surface area contributed by atoms with Gasteiger partial charge in [-0.05, 0) is 21.7 Å². The zero-order chi connectivity index (χ0) is 8.48. The van der Waals surface area contributed by atoms with Gasteiger partial charge in [0.25, 0.3) is 0 Å². The van der Waals surface area contributed by atoms with Crippen molar-refractivity contribution in [1.82, 2.24) is 0 Å². The molecule has 1 heterocycles. The average Bonchev–Trinajstić information content (AvgIpc) is 2.31. The van der Waals surface area contributed by atoms with E-state index in [0.717, 1.165) is 11.3 Å². The first-order chi connectivity index (χ1) is 5.05. The lowest BCUT2D eigenvalue weighted by atomic mass is 9.88. The van der Waals surface area contributed by atoms with E-state index in [2.05, 4.69) is 31.0 Å². The molecule has 0 amide bonds. The van der Waals surface area contributed by atoms with Gasteiger partial charge in [-0.2, -0.15) is 11.3 Å². The molecule has 0 aromatic carbocycles. The third-order valence-corrected chi connectivity index (χ3v) is 2.30. The van der Waals surface area contributed by atoms with E-state index < -0.39 is 0 Å². The summed E-state index contributed by atoms with van der Waals surface area (Å²) < 4.78 is 0. The second-order valence-electron chi connectivity index (χ2n) is 3.53. The zero-order valence-corrected chi connectivity index (χ0v) is 7.83. The molecule has 2 heteroatoms. The molecule has 1 aromatic rings. The second-order valence-corrected chi connectivity index (χ2v) is 4.28. The Kier molecular flexibility index (Phi) is 2.01. The summed E-state index contributed by atoms with van der Waals surface area (Å²) in [6.45, 7) is 13.3. The maximum absolute atomic E-state index is 6.91. The minimum atomic E-state index is 0.111. The number of nitrogens with zero attached hydrogens (tertiary/aromatic N) is 1. The van der Waals surface area contributed by atoms with Crippen LogP contribution in [0.3, 0.4) is 0 Å². The van der Waals surface area contributed by atoms with Crippen molar-refractivity contribution >= 4 is 17.0 Å². The maximum atomic E-state index is 6.91. The largest absolute Gasteiger partial charge is 0.237 e. The number of hydrogen-bond acceptors (Lipinski definition) is 1. The van der Waals surface area contributed by atoms with Gasteiger partial charge in [0, 0.05) is 0 Å². The molecule has 0 N–H and O–H groups in total. The Balaban J connectivity index is 3.15. The van der Waals surface area contributed by atoms with Crippen molar-refractivity contribution < 1.29 is 0 Å². The summed E-state index contributed by atoms with van der Waals surface area (Å²) in [5, 5.41) is 3.97. The quantitative estimate of drug-likeness (QED) is 0.517. The molecule has 0 fully saturated rings. The van der Waals surface area contributed by atoms with E-state index >= 15 is 0 Å². The van der Waals surface area contributed by atoms with E-state index in [4.69, 9.17) is 6.57 Å². The van der Waals surface area contributed by atoms with Gasteiger partial charge < -0.3 is 0 Å². The maximum Gasteiger partial charge on any atom is 0.201 e. The normalized spacial score (nSPS) is 11.1. The lowest BCUT2D eigenvalue weighted by Crippen LogP contribution is -2.09. The van der Waals surface area contributed by atoms with Crippen LogP contribution in [0.2, 0.25) is 0 Å². The Morgan fingerprint density at radius 2 is 2.00 bits per heavy atom. The van der Waals surface area contributed by atoms with E-state index in [0.29, 0.717) is 0 Å². The predicted molar refractivity (Wildman–Crippen MR) is 49.3 cm³/mol. The van der Waals surface area contributed by atoms with Crippen molar-refractivity contribution in [3.8, 4) is 0 Å². The van der Waals surface area contributed by atoms with Gasteiger partial charge in [-0.15, -0.1) is 0 Å². The molecule has 0 atom stereocenters. The van der Waals surface area contributed by atoms with E-state index in [1.54, 1.807) is 11.3 Å². The standard InChI is InChI=1S/C9H11NS/c1-9(2,3)7-5-11-6-8(7)10-4/h5-6H,1-3H3. The van der Waals surface area contributed by atoms with Crippen molar-refractivity contribution in [2.45, 2.75) is 26.2 Å². The zero-order valence-electron chi connectivity index (χ0n) is 7.01. The van der Waals surface area contributed by atoms with Crippen LogP contribution in [0.4, 0.5) is 5.69 Å². The Morgan fingerprint density at radius 1 is 1.36 bits per heavy atom. The molecule has 1 rings (SSSR count). The topological polar surface area (TPSA) is 4.36 Å². The summed E-state index contributed by atoms with van der Waals surface area (Å²) >= 11 is 1.60. The molecule has 0 aliphatic carbocycles. The molecular formula is C9H11NS. The van der Waals surface area contributed by atoms with Gasteiger partial charge >= 0.3 is 0 Å². The van der Waals surface area contributed by atoms with E-state index in [9.17, 15) is 0 Å². The summed E-state index contributed by atoms with van der Waals surface area (Å²) in [6, 6.07) is 0. The van der Waals surface area contributed by atoms with Gasteiger partial charge in [-0.1, -0.05) is 20.8 Å². The second kappa shape index (κ2) is 2.67. The Hall–Kier alpha value is -0.810. The molecule has 0 saturated heterocycles. The summed E-state index contributed by atoms with van der Waals surface area (Å²) in [5.41, 5.74) is 2.08. The van der Waals surface area contributed by atoms with E-state index in [1.807, 2.05) is 5.38 Å². The van der Waals surface area contributed by atoms with Gasteiger partial charge in [0.05, 0.1) is 6.57 Å². The fourth-order valence-electron chi connectivity index (χ4n) is 0.938. The predicted octanol–water partition coefficient (Wildman–Crippen LogP) is 3.60. The van der Waals surface area contributed by atoms with Gasteiger partial charge in [-0.25, -0.2) is 4.85 Å². The molecule has 0 radical (unpaired) electrons. The molecule has 1 aromatic heterocycles. The smallest absolute Gasteiger partial charge is 0.201 e. The first-order valence-electron chi connectivity index (χ1n) is 3.50. The van der Waals surface area contributed by atoms with Gasteiger partial charge in [0.2, 0.25) is 5.69 Å². The van der Waals surface area contributed by atoms with Crippen LogP contribution in [0.15, 0.2) is 10.8 Å². The van der Waals surface area contributed by atoms with Gasteiger partial charge in [0.15, 0.2) is 0 Å². The van der Waals surface area contributed by atoms with Crippen LogP contribution in [0, 0.1) is 6.57 Å². The lowest BCUT2D eigenvalue weighted by molar-refractivity contribution is 0.595. The Labute approximate surface area is 71.5 Å². The Morgan fingerprint density at radius 3 is 2.36 bits per heavy atom. The Bertz CT molecular complexity index is 285. The summed E-state index contributed by atoms with van der Waals surface area (Å²) in [6.07, 6.45) is 0. The number of thiophene rings is 1. The van der Waals surface area contributed by atoms with Crippen LogP contribution in [0.1, 0.15) is 26.3 Å². The lowest BCUT2D eigenvalue weighted by Gasteiger charge is -2.17. The molecule has 58 valence electrons. The number of hydrogen-bond donors (Lipinski definition) is 0. The van der Waals surface area contributed by atoms with Crippen LogP contribution in [0.5, 0.6) is 0 Å². The minimum Gasteiger partial charge on any atom is -0.237 e. The number of rotatable bonds is 0. The van der Waals surface area contributed by atoms with E-state index in [-0.39, 0.29) is 5.41 Å². The van der Waals surface area contributed by atoms with Gasteiger partial charge in [-0.3, -0.25) is 0 Å². The minimum absolute atomic E-state index is 0.111. The van der Waals surface area contributed by atoms with Crippen LogP contribution < -0.4 is 0 Å². The average molecular weight is 165 g/mol. The highest BCUT2D eigenvalue weighted by molar-refractivity contribution is 7.08. The van der Waals surface area contributed by atoms with Crippen LogP contribution >= 0.6 is 11.3 Å². The molecule has 0 aliphatic rings. The molecule has 0 bridgehead atoms. The highest BCUT2D eigenvalue weighted by atomic mass is 32.1. The van der Waals surface area contributed by atoms with E-state index in [1.165, 1.54) is 0 Å². The van der Waals surface area contributed by atoms with Crippen molar-refractivity contribution in [1.29, 1.82) is 0 Å². The van der Waals surface area contributed by atoms with Gasteiger partial charge in [0.1, 0.15) is 0 Å². The van der Waals surface area contributed by atoms with Crippen molar-refractivity contribution in [3.63, 3.8) is 0 Å². The molecule has 0 spiro atoms. The first kappa shape index (κ1) is 8.29. The molecule has 1 nitrogen and oxygen atoms in total. The van der Waals surface area contributed by atoms with Crippen molar-refractivity contribution in [2.75, 3.05) is 0 Å². The summed E-state index contributed by atoms with van der Waals surface area (Å²) in [4.78, 5) is 3.46. The van der Waals surface area contributed by atoms with Crippen LogP contribution in [-0.2, 0) is 5.41 Å². The fraction of sp³-hybridized carbons (Fsp3) is 0.444. The first-order valence-corrected chi connectivity index (χ1v) is 4.44. The summed E-state index contributed by atoms with van der Waals surface area (Å²) in [7, 11) is 0. The highest BCUT2D eigenvalue weighted by Crippen LogP contribution is 2.34. The van der Waals surface area contributed by atoms with Crippen molar-refractivity contribution in [3.05, 3.63) is 27.7 Å². The fourth-order valence-corrected chi connectivity index (χ4v) is 1.92. The SMILES string of the molecule is [C-]#[N+]c1cscc1C(C)(C)C. The third-order valence-electron chi connectivity index (χ3n) is 1.57. The van der Waals surface area contributed by atoms with Crippen LogP contribution in [-0.4, -0.2) is 0 Å². The molecule has 0 saturated carbocycles. The third kappa shape index (κ3) is 1.61. The monoisotopic (exact) mass is 165 g/mol. The summed E-state index contributed by atoms with van der Waals surface area (Å²) in [5.74, 6) is 0.